The minimum absolute atomic E-state index is 0.409. The molecule has 2 nitrogen and oxygen atoms in total. The van der Waals surface area contributed by atoms with Gasteiger partial charge in [-0.25, -0.2) is 4.98 Å². The van der Waals surface area contributed by atoms with Crippen molar-refractivity contribution in [2.24, 2.45) is 0 Å². The van der Waals surface area contributed by atoms with E-state index >= 15 is 0 Å². The van der Waals surface area contributed by atoms with E-state index in [0.717, 1.165) is 16.3 Å². The summed E-state index contributed by atoms with van der Waals surface area (Å²) < 4.78 is 0. The monoisotopic (exact) mass is 281 g/mol. The quantitative estimate of drug-likeness (QED) is 0.929. The lowest BCUT2D eigenvalue weighted by molar-refractivity contribution is 0.175. The molecule has 0 saturated heterocycles. The van der Waals surface area contributed by atoms with Crippen molar-refractivity contribution < 1.29 is 5.11 Å². The van der Waals surface area contributed by atoms with E-state index in [1.807, 2.05) is 31.2 Å². The van der Waals surface area contributed by atoms with Crippen LogP contribution in [0.5, 0.6) is 0 Å². The molecular formula is C14H16ClNOS. The Morgan fingerprint density at radius 1 is 1.33 bits per heavy atom. The first-order chi connectivity index (χ1) is 8.54. The normalized spacial score (nSPS) is 12.7. The Balaban J connectivity index is 1.98. The molecule has 0 fully saturated rings. The molecule has 0 spiro atoms. The average molecular weight is 282 g/mol. The molecule has 0 amide bonds. The summed E-state index contributed by atoms with van der Waals surface area (Å²) >= 11 is 7.58. The average Bonchev–Trinajstić information content (AvgIpc) is 2.57. The van der Waals surface area contributed by atoms with Crippen LogP contribution < -0.4 is 0 Å². The van der Waals surface area contributed by atoms with Gasteiger partial charge in [0.15, 0.2) is 0 Å². The number of aryl methyl sites for hydroxylation is 2. The lowest BCUT2D eigenvalue weighted by Crippen LogP contribution is -2.13. The maximum absolute atomic E-state index is 10.1. The predicted molar refractivity (Wildman–Crippen MR) is 76.5 cm³/mol. The summed E-state index contributed by atoms with van der Waals surface area (Å²) in [6.45, 7) is 4.05. The molecule has 1 aromatic carbocycles. The molecular weight excluding hydrogens is 266 g/mol. The van der Waals surface area contributed by atoms with E-state index in [-0.39, 0.29) is 0 Å². The van der Waals surface area contributed by atoms with E-state index in [0.29, 0.717) is 17.9 Å². The van der Waals surface area contributed by atoms with Crippen LogP contribution in [0.25, 0.3) is 0 Å². The summed E-state index contributed by atoms with van der Waals surface area (Å²) in [5, 5.41) is 11.8. The molecule has 0 radical (unpaired) electrons. The number of aliphatic hydroxyl groups excluding tert-OH is 1. The Bertz CT molecular complexity index is 519. The van der Waals surface area contributed by atoms with Gasteiger partial charge < -0.3 is 5.11 Å². The Hall–Kier alpha value is -0.900. The van der Waals surface area contributed by atoms with Crippen LogP contribution in [0, 0.1) is 13.8 Å². The van der Waals surface area contributed by atoms with E-state index in [1.165, 1.54) is 4.88 Å². The standard InChI is InChI=1S/C14H16ClNOS/c1-9-10(2)18-14(16-9)8-13(17)7-11-4-3-5-12(15)6-11/h3-6,13,17H,7-8H2,1-2H3. The first-order valence-electron chi connectivity index (χ1n) is 5.90. The van der Waals surface area contributed by atoms with Crippen LogP contribution in [0.15, 0.2) is 24.3 Å². The van der Waals surface area contributed by atoms with Gasteiger partial charge in [0.25, 0.3) is 0 Å². The Morgan fingerprint density at radius 3 is 2.72 bits per heavy atom. The first-order valence-corrected chi connectivity index (χ1v) is 7.09. The van der Waals surface area contributed by atoms with Crippen LogP contribution in [0.4, 0.5) is 0 Å². The number of hydrogen-bond donors (Lipinski definition) is 1. The fourth-order valence-electron chi connectivity index (χ4n) is 1.84. The number of aromatic nitrogens is 1. The van der Waals surface area contributed by atoms with Gasteiger partial charge in [0.05, 0.1) is 16.8 Å². The van der Waals surface area contributed by atoms with Crippen molar-refractivity contribution in [2.75, 3.05) is 0 Å². The second-order valence-corrected chi connectivity index (χ2v) is 6.17. The van der Waals surface area contributed by atoms with Gasteiger partial charge in [-0.05, 0) is 38.0 Å². The highest BCUT2D eigenvalue weighted by Crippen LogP contribution is 2.19. The molecule has 0 bridgehead atoms. The van der Waals surface area contributed by atoms with E-state index < -0.39 is 6.10 Å². The maximum Gasteiger partial charge on any atom is 0.0956 e. The summed E-state index contributed by atoms with van der Waals surface area (Å²) in [4.78, 5) is 5.66. The van der Waals surface area contributed by atoms with Crippen molar-refractivity contribution in [3.05, 3.63) is 50.4 Å². The highest BCUT2D eigenvalue weighted by molar-refractivity contribution is 7.11. The van der Waals surface area contributed by atoms with Crippen molar-refractivity contribution in [1.29, 1.82) is 0 Å². The van der Waals surface area contributed by atoms with Crippen LogP contribution in [-0.4, -0.2) is 16.2 Å². The summed E-state index contributed by atoms with van der Waals surface area (Å²) in [7, 11) is 0. The van der Waals surface area contributed by atoms with Gasteiger partial charge in [0.2, 0.25) is 0 Å². The molecule has 0 saturated carbocycles. The van der Waals surface area contributed by atoms with Crippen molar-refractivity contribution >= 4 is 22.9 Å². The third-order valence-corrected chi connectivity index (χ3v) is 4.17. The van der Waals surface area contributed by atoms with Crippen molar-refractivity contribution in [3.8, 4) is 0 Å². The molecule has 1 unspecified atom stereocenters. The van der Waals surface area contributed by atoms with Crippen molar-refractivity contribution in [3.63, 3.8) is 0 Å². The van der Waals surface area contributed by atoms with Gasteiger partial charge in [-0.1, -0.05) is 23.7 Å². The zero-order chi connectivity index (χ0) is 13.1. The molecule has 2 aromatic rings. The molecule has 1 N–H and O–H groups in total. The second kappa shape index (κ2) is 5.83. The predicted octanol–water partition coefficient (Wildman–Crippen LogP) is 3.56. The minimum Gasteiger partial charge on any atom is -0.392 e. The molecule has 4 heteroatoms. The van der Waals surface area contributed by atoms with Crippen LogP contribution >= 0.6 is 22.9 Å². The van der Waals surface area contributed by atoms with Gasteiger partial charge in [0.1, 0.15) is 0 Å². The van der Waals surface area contributed by atoms with Crippen LogP contribution in [0.3, 0.4) is 0 Å². The number of nitrogens with zero attached hydrogens (tertiary/aromatic N) is 1. The lowest BCUT2D eigenvalue weighted by atomic mass is 10.1. The summed E-state index contributed by atoms with van der Waals surface area (Å²) in [5.41, 5.74) is 2.12. The molecule has 18 heavy (non-hydrogen) atoms. The largest absolute Gasteiger partial charge is 0.392 e. The highest BCUT2D eigenvalue weighted by Gasteiger charge is 2.11. The van der Waals surface area contributed by atoms with Crippen LogP contribution in [0.1, 0.15) is 21.1 Å². The van der Waals surface area contributed by atoms with E-state index in [4.69, 9.17) is 11.6 Å². The van der Waals surface area contributed by atoms with E-state index in [9.17, 15) is 5.11 Å². The number of aliphatic hydroxyl groups is 1. The van der Waals surface area contributed by atoms with Crippen LogP contribution in [-0.2, 0) is 12.8 Å². The molecule has 96 valence electrons. The molecule has 1 aromatic heterocycles. The second-order valence-electron chi connectivity index (χ2n) is 4.44. The fraction of sp³-hybridized carbons (Fsp3) is 0.357. The molecule has 1 heterocycles. The Labute approximate surface area is 116 Å². The summed E-state index contributed by atoms with van der Waals surface area (Å²) in [6, 6.07) is 7.61. The maximum atomic E-state index is 10.1. The minimum atomic E-state index is -0.409. The molecule has 2 rings (SSSR count). The Morgan fingerprint density at radius 2 is 2.11 bits per heavy atom. The summed E-state index contributed by atoms with van der Waals surface area (Å²) in [5.74, 6) is 0. The number of benzene rings is 1. The number of rotatable bonds is 4. The zero-order valence-electron chi connectivity index (χ0n) is 10.5. The van der Waals surface area contributed by atoms with Gasteiger partial charge in [-0.2, -0.15) is 0 Å². The molecule has 1 atom stereocenters. The third kappa shape index (κ3) is 3.55. The zero-order valence-corrected chi connectivity index (χ0v) is 12.1. The van der Waals surface area contributed by atoms with Crippen LogP contribution in [0.2, 0.25) is 5.02 Å². The number of thiazole rings is 1. The first kappa shape index (κ1) is 13.5. The number of halogens is 1. The Kier molecular flexibility index (Phi) is 4.38. The van der Waals surface area contributed by atoms with Gasteiger partial charge in [0, 0.05) is 16.3 Å². The fourth-order valence-corrected chi connectivity index (χ4v) is 3.05. The number of hydrogen-bond acceptors (Lipinski definition) is 3. The topological polar surface area (TPSA) is 33.1 Å². The van der Waals surface area contributed by atoms with Gasteiger partial charge in [-0.15, -0.1) is 11.3 Å². The van der Waals surface area contributed by atoms with Gasteiger partial charge in [-0.3, -0.25) is 0 Å². The summed E-state index contributed by atoms with van der Waals surface area (Å²) in [6.07, 6.45) is 0.804. The van der Waals surface area contributed by atoms with E-state index in [2.05, 4.69) is 11.9 Å². The lowest BCUT2D eigenvalue weighted by Gasteiger charge is -2.08. The molecule has 0 aliphatic carbocycles. The van der Waals surface area contributed by atoms with Crippen molar-refractivity contribution in [2.45, 2.75) is 32.8 Å². The smallest absolute Gasteiger partial charge is 0.0956 e. The van der Waals surface area contributed by atoms with Gasteiger partial charge >= 0.3 is 0 Å². The van der Waals surface area contributed by atoms with E-state index in [1.54, 1.807) is 11.3 Å². The van der Waals surface area contributed by atoms with Crippen molar-refractivity contribution in [1.82, 2.24) is 4.98 Å². The highest BCUT2D eigenvalue weighted by atomic mass is 35.5. The third-order valence-electron chi connectivity index (χ3n) is 2.84. The molecule has 0 aliphatic rings. The molecule has 0 aliphatic heterocycles. The SMILES string of the molecule is Cc1nc(CC(O)Cc2cccc(Cl)c2)sc1C.